The molecule has 0 bridgehead atoms. The summed E-state index contributed by atoms with van der Waals surface area (Å²) in [7, 11) is 0. The van der Waals surface area contributed by atoms with Gasteiger partial charge < -0.3 is 11.1 Å². The summed E-state index contributed by atoms with van der Waals surface area (Å²) in [6.07, 6.45) is 8.50. The molecule has 1 aliphatic rings. The summed E-state index contributed by atoms with van der Waals surface area (Å²) < 4.78 is 0. The minimum atomic E-state index is 0.0289. The number of anilines is 1. The minimum Gasteiger partial charge on any atom is -0.330 e. The zero-order valence-corrected chi connectivity index (χ0v) is 13.7. The Hall–Kier alpha value is -1.00. The molecule has 1 aromatic rings. The van der Waals surface area contributed by atoms with Gasteiger partial charge in [-0.15, -0.1) is 0 Å². The van der Waals surface area contributed by atoms with E-state index in [1.807, 2.05) is 12.1 Å². The zero-order chi connectivity index (χ0) is 15.1. The Labute approximate surface area is 132 Å². The average molecular weight is 306 g/mol. The molecule has 3 nitrogen and oxygen atoms in total. The molecule has 0 saturated heterocycles. The van der Waals surface area contributed by atoms with Crippen molar-refractivity contribution in [2.24, 2.45) is 11.1 Å². The van der Waals surface area contributed by atoms with Gasteiger partial charge in [0.25, 0.3) is 0 Å². The third kappa shape index (κ3) is 4.75. The maximum absolute atomic E-state index is 12.3. The monoisotopic (exact) mass is 306 g/mol. The van der Waals surface area contributed by atoms with Crippen molar-refractivity contribution in [1.82, 2.24) is 0 Å². The summed E-state index contributed by atoms with van der Waals surface area (Å²) in [5, 5.41) is 3.02. The van der Waals surface area contributed by atoms with Gasteiger partial charge in [-0.1, -0.05) is 31.4 Å². The Bertz CT molecular complexity index is 452. The van der Waals surface area contributed by atoms with Crippen LogP contribution in [0.2, 0.25) is 0 Å². The van der Waals surface area contributed by atoms with E-state index < -0.39 is 0 Å². The first-order valence-electron chi connectivity index (χ1n) is 7.75. The molecule has 0 atom stereocenters. The van der Waals surface area contributed by atoms with E-state index in [1.54, 1.807) is 11.8 Å². The van der Waals surface area contributed by atoms with E-state index in [0.29, 0.717) is 13.0 Å². The van der Waals surface area contributed by atoms with Crippen molar-refractivity contribution in [3.8, 4) is 0 Å². The second-order valence-electron chi connectivity index (χ2n) is 6.12. The zero-order valence-electron chi connectivity index (χ0n) is 12.9. The highest BCUT2D eigenvalue weighted by Crippen LogP contribution is 2.38. The highest BCUT2D eigenvalue weighted by atomic mass is 32.2. The first kappa shape index (κ1) is 16.4. The van der Waals surface area contributed by atoms with Gasteiger partial charge in [0.05, 0.1) is 0 Å². The Morgan fingerprint density at radius 3 is 2.48 bits per heavy atom. The summed E-state index contributed by atoms with van der Waals surface area (Å²) in [4.78, 5) is 12.3. The van der Waals surface area contributed by atoms with Gasteiger partial charge in [0.2, 0.25) is 5.91 Å². The Morgan fingerprint density at radius 1 is 1.24 bits per heavy atom. The van der Waals surface area contributed by atoms with Crippen molar-refractivity contribution in [3.05, 3.63) is 29.8 Å². The maximum atomic E-state index is 12.3. The van der Waals surface area contributed by atoms with Crippen molar-refractivity contribution in [2.75, 3.05) is 18.1 Å². The van der Waals surface area contributed by atoms with Crippen molar-refractivity contribution < 1.29 is 4.79 Å². The third-order valence-corrected chi connectivity index (χ3v) is 5.05. The predicted molar refractivity (Wildman–Crippen MR) is 91.5 cm³/mol. The highest BCUT2D eigenvalue weighted by Gasteiger charge is 2.32. The molecule has 3 N–H and O–H groups in total. The number of hydrogen-bond acceptors (Lipinski definition) is 3. The van der Waals surface area contributed by atoms with E-state index in [0.717, 1.165) is 24.3 Å². The SMILES string of the molecule is CSCc1ccc(NC(=O)CC2(CN)CCCCC2)cc1. The number of nitrogens with one attached hydrogen (secondary N) is 1. The van der Waals surface area contributed by atoms with Crippen LogP contribution in [0.4, 0.5) is 5.69 Å². The third-order valence-electron chi connectivity index (χ3n) is 4.43. The summed E-state index contributed by atoms with van der Waals surface area (Å²) in [6, 6.07) is 8.12. The van der Waals surface area contributed by atoms with Gasteiger partial charge in [0, 0.05) is 17.9 Å². The average Bonchev–Trinajstić information content (AvgIpc) is 2.50. The molecule has 0 radical (unpaired) electrons. The van der Waals surface area contributed by atoms with E-state index >= 15 is 0 Å². The number of rotatable bonds is 6. The molecule has 0 aromatic heterocycles. The molecule has 116 valence electrons. The summed E-state index contributed by atoms with van der Waals surface area (Å²) in [5.74, 6) is 1.10. The number of benzene rings is 1. The molecule has 1 aromatic carbocycles. The molecule has 1 fully saturated rings. The van der Waals surface area contributed by atoms with E-state index in [9.17, 15) is 4.79 Å². The van der Waals surface area contributed by atoms with Crippen molar-refractivity contribution in [2.45, 2.75) is 44.3 Å². The first-order valence-corrected chi connectivity index (χ1v) is 9.15. The van der Waals surface area contributed by atoms with Crippen LogP contribution >= 0.6 is 11.8 Å². The van der Waals surface area contributed by atoms with E-state index in [1.165, 1.54) is 24.8 Å². The highest BCUT2D eigenvalue weighted by molar-refractivity contribution is 7.97. The van der Waals surface area contributed by atoms with E-state index in [4.69, 9.17) is 5.73 Å². The van der Waals surface area contributed by atoms with Crippen LogP contribution in [0.5, 0.6) is 0 Å². The molecule has 1 saturated carbocycles. The number of nitrogens with two attached hydrogens (primary N) is 1. The van der Waals surface area contributed by atoms with Crippen LogP contribution in [0, 0.1) is 5.41 Å². The van der Waals surface area contributed by atoms with Gasteiger partial charge in [-0.05, 0) is 48.8 Å². The van der Waals surface area contributed by atoms with Crippen molar-refractivity contribution >= 4 is 23.4 Å². The topological polar surface area (TPSA) is 55.1 Å². The summed E-state index contributed by atoms with van der Waals surface area (Å²) in [6.45, 7) is 0.618. The standard InChI is InChI=1S/C17H26N2OS/c1-21-12-14-5-7-15(8-6-14)19-16(20)11-17(13-18)9-3-2-4-10-17/h5-8H,2-4,9-13,18H2,1H3,(H,19,20). The smallest absolute Gasteiger partial charge is 0.224 e. The number of hydrogen-bond donors (Lipinski definition) is 2. The van der Waals surface area contributed by atoms with Crippen LogP contribution < -0.4 is 11.1 Å². The Kier molecular flexibility index (Phi) is 6.12. The van der Waals surface area contributed by atoms with Crippen LogP contribution in [0.15, 0.2) is 24.3 Å². The molecule has 1 amide bonds. The molecule has 2 rings (SSSR count). The van der Waals surface area contributed by atoms with E-state index in [2.05, 4.69) is 23.7 Å². The van der Waals surface area contributed by atoms with Gasteiger partial charge in [-0.3, -0.25) is 4.79 Å². The molecule has 0 spiro atoms. The molecule has 4 heteroatoms. The Balaban J connectivity index is 1.91. The fourth-order valence-corrected chi connectivity index (χ4v) is 3.68. The maximum Gasteiger partial charge on any atom is 0.224 e. The van der Waals surface area contributed by atoms with Crippen LogP contribution in [-0.2, 0) is 10.5 Å². The lowest BCUT2D eigenvalue weighted by molar-refractivity contribution is -0.118. The fourth-order valence-electron chi connectivity index (χ4n) is 3.15. The summed E-state index contributed by atoms with van der Waals surface area (Å²) >= 11 is 1.80. The van der Waals surface area contributed by atoms with Gasteiger partial charge in [-0.25, -0.2) is 0 Å². The van der Waals surface area contributed by atoms with Crippen molar-refractivity contribution in [1.29, 1.82) is 0 Å². The van der Waals surface area contributed by atoms with Crippen molar-refractivity contribution in [3.63, 3.8) is 0 Å². The normalized spacial score (nSPS) is 17.4. The van der Waals surface area contributed by atoms with Gasteiger partial charge >= 0.3 is 0 Å². The molecule has 0 heterocycles. The van der Waals surface area contributed by atoms with Gasteiger partial charge in [0.1, 0.15) is 0 Å². The van der Waals surface area contributed by atoms with Crippen LogP contribution in [0.1, 0.15) is 44.1 Å². The van der Waals surface area contributed by atoms with Gasteiger partial charge in [0.15, 0.2) is 0 Å². The lowest BCUT2D eigenvalue weighted by Gasteiger charge is -2.35. The number of amides is 1. The molecule has 0 unspecified atom stereocenters. The van der Waals surface area contributed by atoms with Crippen LogP contribution in [0.25, 0.3) is 0 Å². The summed E-state index contributed by atoms with van der Waals surface area (Å²) in [5.41, 5.74) is 8.15. The lowest BCUT2D eigenvalue weighted by atomic mass is 9.71. The van der Waals surface area contributed by atoms with E-state index in [-0.39, 0.29) is 11.3 Å². The number of carbonyl (C=O) groups excluding carboxylic acids is 1. The molecular formula is C17H26N2OS. The second kappa shape index (κ2) is 7.85. The molecular weight excluding hydrogens is 280 g/mol. The van der Waals surface area contributed by atoms with Crippen LogP contribution in [0.3, 0.4) is 0 Å². The molecule has 1 aliphatic carbocycles. The number of carbonyl (C=O) groups is 1. The lowest BCUT2D eigenvalue weighted by Crippen LogP contribution is -2.36. The Morgan fingerprint density at radius 2 is 1.90 bits per heavy atom. The molecule has 0 aliphatic heterocycles. The fraction of sp³-hybridized carbons (Fsp3) is 0.588. The quantitative estimate of drug-likeness (QED) is 0.841. The second-order valence-corrected chi connectivity index (χ2v) is 6.99. The van der Waals surface area contributed by atoms with Gasteiger partial charge in [-0.2, -0.15) is 11.8 Å². The van der Waals surface area contributed by atoms with Crippen LogP contribution in [-0.4, -0.2) is 18.7 Å². The molecule has 21 heavy (non-hydrogen) atoms. The first-order chi connectivity index (χ1) is 10.2. The largest absolute Gasteiger partial charge is 0.330 e. The predicted octanol–water partition coefficient (Wildman–Crippen LogP) is 3.79. The minimum absolute atomic E-state index is 0.0289. The number of thioether (sulfide) groups is 1.